The number of aliphatic hydroxyl groups excluding tert-OH is 2. The predicted octanol–water partition coefficient (Wildman–Crippen LogP) is 0.217. The largest absolute Gasteiger partial charge is 0.497 e. The number of nitrogens with zero attached hydrogens (tertiary/aromatic N) is 1. The zero-order valence-corrected chi connectivity index (χ0v) is 10.2. The molecule has 0 radical (unpaired) electrons. The summed E-state index contributed by atoms with van der Waals surface area (Å²) in [6.45, 7) is 0.129. The molecule has 0 aliphatic heterocycles. The van der Waals surface area contributed by atoms with E-state index >= 15 is 0 Å². The number of likely N-dealkylation sites (N-methyl/N-ethyl adjacent to an activating group) is 1. The summed E-state index contributed by atoms with van der Waals surface area (Å²) in [5.41, 5.74) is -0.222. The van der Waals surface area contributed by atoms with Gasteiger partial charge in [-0.15, -0.1) is 0 Å². The van der Waals surface area contributed by atoms with Gasteiger partial charge < -0.3 is 20.3 Å². The van der Waals surface area contributed by atoms with E-state index in [4.69, 9.17) is 4.74 Å². The molecule has 1 aromatic rings. The highest BCUT2D eigenvalue weighted by Crippen LogP contribution is 2.30. The van der Waals surface area contributed by atoms with Crippen LogP contribution in [-0.2, 0) is 0 Å². The van der Waals surface area contributed by atoms with Crippen molar-refractivity contribution < 1.29 is 19.9 Å². The van der Waals surface area contributed by atoms with Crippen LogP contribution in [0.15, 0.2) is 18.2 Å². The third kappa shape index (κ3) is 3.16. The van der Waals surface area contributed by atoms with Crippen molar-refractivity contribution in [1.82, 2.24) is 5.32 Å². The number of nitrogens with one attached hydrogen (secondary N) is 1. The Hall–Kier alpha value is -1.70. The van der Waals surface area contributed by atoms with Gasteiger partial charge in [-0.1, -0.05) is 0 Å². The van der Waals surface area contributed by atoms with Crippen molar-refractivity contribution in [2.24, 2.45) is 0 Å². The number of nitro groups is 1. The number of methoxy groups -OCH3 is 1. The molecule has 1 rings (SSSR count). The molecule has 100 valence electrons. The molecule has 0 fully saturated rings. The quantitative estimate of drug-likeness (QED) is 0.496. The second-order valence-corrected chi connectivity index (χ2v) is 3.75. The normalized spacial score (nSPS) is 14.0. The lowest BCUT2D eigenvalue weighted by Crippen LogP contribution is -2.29. The molecule has 0 amide bonds. The Morgan fingerprint density at radius 1 is 1.50 bits per heavy atom. The maximum atomic E-state index is 10.9. The Bertz CT molecular complexity index is 424. The van der Waals surface area contributed by atoms with Crippen molar-refractivity contribution in [1.29, 1.82) is 0 Å². The molecule has 0 aliphatic rings. The van der Waals surface area contributed by atoms with Gasteiger partial charge in [-0.2, -0.15) is 0 Å². The average molecular weight is 256 g/mol. The molecule has 2 atom stereocenters. The number of hydrogen-bond acceptors (Lipinski definition) is 6. The number of ether oxygens (including phenoxy) is 1. The van der Waals surface area contributed by atoms with Gasteiger partial charge in [0.1, 0.15) is 11.9 Å². The molecule has 0 heterocycles. The molecule has 0 saturated carbocycles. The van der Waals surface area contributed by atoms with Crippen molar-refractivity contribution in [3.63, 3.8) is 0 Å². The molecular weight excluding hydrogens is 240 g/mol. The first-order valence-corrected chi connectivity index (χ1v) is 5.34. The summed E-state index contributed by atoms with van der Waals surface area (Å²) in [6, 6.07) is 4.09. The van der Waals surface area contributed by atoms with E-state index in [9.17, 15) is 20.3 Å². The van der Waals surface area contributed by atoms with Crippen molar-refractivity contribution in [3.8, 4) is 5.75 Å². The molecule has 0 spiro atoms. The second kappa shape index (κ2) is 6.29. The first kappa shape index (κ1) is 14.4. The zero-order valence-electron chi connectivity index (χ0n) is 10.2. The minimum atomic E-state index is -1.33. The van der Waals surface area contributed by atoms with Crippen LogP contribution >= 0.6 is 0 Å². The van der Waals surface area contributed by atoms with Gasteiger partial charge in [0.05, 0.1) is 29.8 Å². The summed E-state index contributed by atoms with van der Waals surface area (Å²) in [5.74, 6) is 0.320. The molecule has 0 saturated heterocycles. The second-order valence-electron chi connectivity index (χ2n) is 3.75. The van der Waals surface area contributed by atoms with Gasteiger partial charge in [0.25, 0.3) is 5.69 Å². The average Bonchev–Trinajstić information content (AvgIpc) is 2.37. The number of nitro benzene ring substituents is 1. The van der Waals surface area contributed by atoms with Gasteiger partial charge in [0.2, 0.25) is 0 Å². The molecule has 1 aromatic carbocycles. The maximum absolute atomic E-state index is 10.9. The summed E-state index contributed by atoms with van der Waals surface area (Å²) in [5, 5.41) is 33.1. The van der Waals surface area contributed by atoms with E-state index in [0.717, 1.165) is 0 Å². The van der Waals surface area contributed by atoms with Gasteiger partial charge in [0, 0.05) is 6.54 Å². The van der Waals surface area contributed by atoms with Crippen LogP contribution in [0.4, 0.5) is 5.69 Å². The van der Waals surface area contributed by atoms with E-state index in [1.54, 1.807) is 7.05 Å². The van der Waals surface area contributed by atoms with Gasteiger partial charge in [0.15, 0.2) is 0 Å². The highest BCUT2D eigenvalue weighted by Gasteiger charge is 2.26. The monoisotopic (exact) mass is 256 g/mol. The lowest BCUT2D eigenvalue weighted by atomic mass is 10.0. The van der Waals surface area contributed by atoms with Crippen LogP contribution in [0, 0.1) is 10.1 Å². The van der Waals surface area contributed by atoms with Crippen LogP contribution in [0.1, 0.15) is 11.7 Å². The van der Waals surface area contributed by atoms with Crippen molar-refractivity contribution in [3.05, 3.63) is 33.9 Å². The van der Waals surface area contributed by atoms with Crippen molar-refractivity contribution >= 4 is 5.69 Å². The fourth-order valence-electron chi connectivity index (χ4n) is 1.59. The van der Waals surface area contributed by atoms with Crippen LogP contribution < -0.4 is 10.1 Å². The highest BCUT2D eigenvalue weighted by molar-refractivity contribution is 5.47. The van der Waals surface area contributed by atoms with Crippen LogP contribution in [0.25, 0.3) is 0 Å². The number of aliphatic hydroxyl groups is 2. The molecule has 0 bridgehead atoms. The molecule has 7 nitrogen and oxygen atoms in total. The first-order valence-electron chi connectivity index (χ1n) is 5.34. The number of benzene rings is 1. The molecule has 18 heavy (non-hydrogen) atoms. The fourth-order valence-corrected chi connectivity index (χ4v) is 1.59. The molecular formula is C11H16N2O5. The van der Waals surface area contributed by atoms with E-state index in [0.29, 0.717) is 5.75 Å². The summed E-state index contributed by atoms with van der Waals surface area (Å²) in [6.07, 6.45) is -2.45. The Labute approximate surface area is 104 Å². The van der Waals surface area contributed by atoms with E-state index in [1.807, 2.05) is 0 Å². The summed E-state index contributed by atoms with van der Waals surface area (Å²) in [4.78, 5) is 10.3. The smallest absolute Gasteiger partial charge is 0.279 e. The fraction of sp³-hybridized carbons (Fsp3) is 0.455. The van der Waals surface area contributed by atoms with E-state index in [1.165, 1.54) is 25.3 Å². The van der Waals surface area contributed by atoms with Crippen molar-refractivity contribution in [2.75, 3.05) is 20.7 Å². The van der Waals surface area contributed by atoms with Gasteiger partial charge in [-0.3, -0.25) is 10.1 Å². The summed E-state index contributed by atoms with van der Waals surface area (Å²) in [7, 11) is 3.00. The number of hydrogen-bond donors (Lipinski definition) is 3. The third-order valence-corrected chi connectivity index (χ3v) is 2.53. The Morgan fingerprint density at radius 2 is 2.17 bits per heavy atom. The Balaban J connectivity index is 3.10. The van der Waals surface area contributed by atoms with Crippen LogP contribution in [0.2, 0.25) is 0 Å². The molecule has 0 aromatic heterocycles. The molecule has 7 heteroatoms. The summed E-state index contributed by atoms with van der Waals surface area (Å²) < 4.78 is 4.89. The minimum Gasteiger partial charge on any atom is -0.497 e. The summed E-state index contributed by atoms with van der Waals surface area (Å²) >= 11 is 0. The van der Waals surface area contributed by atoms with Crippen LogP contribution in [-0.4, -0.2) is 41.9 Å². The van der Waals surface area contributed by atoms with E-state index in [2.05, 4.69) is 5.32 Å². The Kier molecular flexibility index (Phi) is 5.02. The Morgan fingerprint density at radius 3 is 2.67 bits per heavy atom. The third-order valence-electron chi connectivity index (χ3n) is 2.53. The minimum absolute atomic E-state index is 0.0588. The predicted molar refractivity (Wildman–Crippen MR) is 64.5 cm³/mol. The molecule has 2 unspecified atom stereocenters. The molecule has 0 aliphatic carbocycles. The highest BCUT2D eigenvalue weighted by atomic mass is 16.6. The first-order chi connectivity index (χ1) is 8.51. The van der Waals surface area contributed by atoms with Gasteiger partial charge in [-0.05, 0) is 19.2 Å². The topological polar surface area (TPSA) is 105 Å². The van der Waals surface area contributed by atoms with Crippen molar-refractivity contribution in [2.45, 2.75) is 12.2 Å². The van der Waals surface area contributed by atoms with E-state index in [-0.39, 0.29) is 17.8 Å². The van der Waals surface area contributed by atoms with Crippen LogP contribution in [0.5, 0.6) is 5.75 Å². The zero-order chi connectivity index (χ0) is 13.7. The standard InChI is InChI=1S/C11H16N2O5/c1-12-6-10(14)11(15)8-4-3-7(18-2)5-9(8)13(16)17/h3-5,10-12,14-15H,6H2,1-2H3. The lowest BCUT2D eigenvalue weighted by Gasteiger charge is -2.18. The van der Waals surface area contributed by atoms with Crippen LogP contribution in [0.3, 0.4) is 0 Å². The molecule has 3 N–H and O–H groups in total. The maximum Gasteiger partial charge on any atom is 0.279 e. The van der Waals surface area contributed by atoms with Gasteiger partial charge >= 0.3 is 0 Å². The van der Waals surface area contributed by atoms with E-state index < -0.39 is 17.1 Å². The lowest BCUT2D eigenvalue weighted by molar-refractivity contribution is -0.386. The SMILES string of the molecule is CNCC(O)C(O)c1ccc(OC)cc1[N+](=O)[O-]. The van der Waals surface area contributed by atoms with Gasteiger partial charge in [-0.25, -0.2) is 0 Å². The number of rotatable bonds is 6.